The van der Waals surface area contributed by atoms with Gasteiger partial charge in [-0.05, 0) is 31.1 Å². The maximum absolute atomic E-state index is 10.8. The van der Waals surface area contributed by atoms with Gasteiger partial charge in [-0.25, -0.2) is 0 Å². The van der Waals surface area contributed by atoms with Gasteiger partial charge in [0.1, 0.15) is 6.61 Å². The van der Waals surface area contributed by atoms with Crippen molar-refractivity contribution in [3.05, 3.63) is 30.4 Å². The second-order valence-corrected chi connectivity index (χ2v) is 2.16. The molecule has 0 aliphatic rings. The van der Waals surface area contributed by atoms with Crippen LogP contribution in [-0.2, 0) is 4.79 Å². The second kappa shape index (κ2) is 4.01. The third-order valence-corrected chi connectivity index (χ3v) is 0.983. The molecule has 1 radical (unpaired) electrons. The van der Waals surface area contributed by atoms with Crippen molar-refractivity contribution in [3.63, 3.8) is 0 Å². The summed E-state index contributed by atoms with van der Waals surface area (Å²) in [6, 6.07) is 0. The first-order chi connectivity index (χ1) is 4.57. The van der Waals surface area contributed by atoms with E-state index in [1.807, 2.05) is 0 Å². The molecule has 0 rings (SSSR count). The van der Waals surface area contributed by atoms with Crippen LogP contribution in [-0.4, -0.2) is 10.9 Å². The highest BCUT2D eigenvalue weighted by Gasteiger charge is 1.97. The highest BCUT2D eigenvalue weighted by molar-refractivity contribution is 6.03. The first-order valence-electron chi connectivity index (χ1n) is 2.93. The van der Waals surface area contributed by atoms with Crippen LogP contribution in [0.15, 0.2) is 23.8 Å². The highest BCUT2D eigenvalue weighted by atomic mass is 16.3. The minimum Gasteiger partial charge on any atom is -0.386 e. The summed E-state index contributed by atoms with van der Waals surface area (Å²) in [5.74, 6) is -0.150. The number of hydrogen-bond donors (Lipinski definition) is 1. The molecule has 0 aromatic rings. The van der Waals surface area contributed by atoms with Crippen LogP contribution in [0.4, 0.5) is 0 Å². The van der Waals surface area contributed by atoms with Crippen LogP contribution in [0.3, 0.4) is 0 Å². The summed E-state index contributed by atoms with van der Waals surface area (Å²) in [5.41, 5.74) is 1.01. The highest BCUT2D eigenvalue weighted by Crippen LogP contribution is 1.98. The SMILES string of the molecule is C=C(C)C(=O)C=C(C)[CH]O. The van der Waals surface area contributed by atoms with Gasteiger partial charge >= 0.3 is 0 Å². The molecule has 0 aliphatic carbocycles. The van der Waals surface area contributed by atoms with Crippen molar-refractivity contribution >= 4 is 5.78 Å². The van der Waals surface area contributed by atoms with E-state index in [-0.39, 0.29) is 5.78 Å². The van der Waals surface area contributed by atoms with Gasteiger partial charge < -0.3 is 5.11 Å². The molecule has 0 saturated carbocycles. The van der Waals surface area contributed by atoms with E-state index in [4.69, 9.17) is 5.11 Å². The van der Waals surface area contributed by atoms with Gasteiger partial charge in [0.2, 0.25) is 0 Å². The molecule has 0 aromatic carbocycles. The summed E-state index contributed by atoms with van der Waals surface area (Å²) in [4.78, 5) is 10.8. The molecule has 1 N–H and O–H groups in total. The van der Waals surface area contributed by atoms with E-state index < -0.39 is 0 Å². The molecule has 2 heteroatoms. The molecule has 0 fully saturated rings. The molecular formula is C8H11O2. The van der Waals surface area contributed by atoms with E-state index in [0.29, 0.717) is 11.1 Å². The van der Waals surface area contributed by atoms with E-state index in [2.05, 4.69) is 6.58 Å². The van der Waals surface area contributed by atoms with Crippen molar-refractivity contribution in [2.75, 3.05) is 0 Å². The molecule has 55 valence electrons. The molecule has 10 heavy (non-hydrogen) atoms. The number of rotatable bonds is 3. The summed E-state index contributed by atoms with van der Waals surface area (Å²) >= 11 is 0. The molecule has 2 nitrogen and oxygen atoms in total. The predicted octanol–water partition coefficient (Wildman–Crippen LogP) is 1.61. The van der Waals surface area contributed by atoms with Crippen molar-refractivity contribution in [2.45, 2.75) is 13.8 Å². The monoisotopic (exact) mass is 139 g/mol. The summed E-state index contributed by atoms with van der Waals surface area (Å²) in [7, 11) is 0. The van der Waals surface area contributed by atoms with Crippen LogP contribution in [0.2, 0.25) is 0 Å². The van der Waals surface area contributed by atoms with Gasteiger partial charge in [0, 0.05) is 0 Å². The van der Waals surface area contributed by atoms with E-state index in [1.54, 1.807) is 13.8 Å². The molecule has 0 unspecified atom stereocenters. The normalized spacial score (nSPS) is 11.3. The van der Waals surface area contributed by atoms with Crippen LogP contribution < -0.4 is 0 Å². The Labute approximate surface area is 60.9 Å². The average molecular weight is 139 g/mol. The first-order valence-corrected chi connectivity index (χ1v) is 2.93. The summed E-state index contributed by atoms with van der Waals surface area (Å²) in [6.07, 6.45) is 1.34. The standard InChI is InChI=1S/C8H11O2/c1-6(2)8(10)4-7(3)5-9/h4-5,9H,1H2,2-3H3. The smallest absolute Gasteiger partial charge is 0.180 e. The molecule has 0 bridgehead atoms. The maximum Gasteiger partial charge on any atom is 0.180 e. The molecule has 0 spiro atoms. The third kappa shape index (κ3) is 3.20. The predicted molar refractivity (Wildman–Crippen MR) is 39.8 cm³/mol. The number of allylic oxidation sites excluding steroid dienone is 2. The number of aliphatic hydroxyl groups excluding tert-OH is 1. The Hall–Kier alpha value is -0.890. The lowest BCUT2D eigenvalue weighted by atomic mass is 10.1. The zero-order chi connectivity index (χ0) is 8.15. The van der Waals surface area contributed by atoms with Gasteiger partial charge in [-0.3, -0.25) is 4.79 Å². The van der Waals surface area contributed by atoms with Gasteiger partial charge in [-0.15, -0.1) is 0 Å². The lowest BCUT2D eigenvalue weighted by Crippen LogP contribution is -1.94. The van der Waals surface area contributed by atoms with Gasteiger partial charge in [0.05, 0.1) is 0 Å². The van der Waals surface area contributed by atoms with Crippen LogP contribution >= 0.6 is 0 Å². The Bertz CT molecular complexity index is 178. The zero-order valence-corrected chi connectivity index (χ0v) is 6.22. The minimum absolute atomic E-state index is 0.150. The molecule has 0 atom stereocenters. The summed E-state index contributed by atoms with van der Waals surface area (Å²) < 4.78 is 0. The Morgan fingerprint density at radius 1 is 1.50 bits per heavy atom. The maximum atomic E-state index is 10.8. The number of carbonyl (C=O) groups excluding carboxylic acids is 1. The molecule has 0 amide bonds. The Balaban J connectivity index is 4.13. The van der Waals surface area contributed by atoms with Crippen molar-refractivity contribution < 1.29 is 9.90 Å². The van der Waals surface area contributed by atoms with E-state index in [9.17, 15) is 4.79 Å². The molecule has 0 aliphatic heterocycles. The lowest BCUT2D eigenvalue weighted by Gasteiger charge is -1.92. The van der Waals surface area contributed by atoms with Gasteiger partial charge in [-0.2, -0.15) is 0 Å². The summed E-state index contributed by atoms with van der Waals surface area (Å²) in [6.45, 7) is 7.61. The first kappa shape index (κ1) is 9.11. The lowest BCUT2D eigenvalue weighted by molar-refractivity contribution is -0.111. The van der Waals surface area contributed by atoms with Crippen molar-refractivity contribution in [3.8, 4) is 0 Å². The number of hydrogen-bond acceptors (Lipinski definition) is 2. The number of ketones is 1. The van der Waals surface area contributed by atoms with E-state index in [0.717, 1.165) is 6.61 Å². The second-order valence-electron chi connectivity index (χ2n) is 2.16. The van der Waals surface area contributed by atoms with Crippen LogP contribution in [0.5, 0.6) is 0 Å². The number of carbonyl (C=O) groups is 1. The minimum atomic E-state index is -0.150. The fourth-order valence-corrected chi connectivity index (χ4v) is 0.367. The van der Waals surface area contributed by atoms with Crippen LogP contribution in [0.25, 0.3) is 0 Å². The molecular weight excluding hydrogens is 128 g/mol. The van der Waals surface area contributed by atoms with Crippen LogP contribution in [0.1, 0.15) is 13.8 Å². The van der Waals surface area contributed by atoms with Gasteiger partial charge in [-0.1, -0.05) is 6.58 Å². The van der Waals surface area contributed by atoms with E-state index >= 15 is 0 Å². The van der Waals surface area contributed by atoms with Gasteiger partial charge in [0.25, 0.3) is 0 Å². The van der Waals surface area contributed by atoms with Crippen molar-refractivity contribution in [1.82, 2.24) is 0 Å². The fraction of sp³-hybridized carbons (Fsp3) is 0.250. The summed E-state index contributed by atoms with van der Waals surface area (Å²) in [5, 5.41) is 8.39. The van der Waals surface area contributed by atoms with Crippen molar-refractivity contribution in [1.29, 1.82) is 0 Å². The molecule has 0 saturated heterocycles. The Kier molecular flexibility index (Phi) is 3.65. The Morgan fingerprint density at radius 2 is 2.00 bits per heavy atom. The quantitative estimate of drug-likeness (QED) is 0.603. The third-order valence-electron chi connectivity index (χ3n) is 0.983. The average Bonchev–Trinajstić information content (AvgIpc) is 1.87. The van der Waals surface area contributed by atoms with Crippen LogP contribution in [0, 0.1) is 6.61 Å². The number of aliphatic hydroxyl groups is 1. The zero-order valence-electron chi connectivity index (χ0n) is 6.22. The largest absolute Gasteiger partial charge is 0.386 e. The Morgan fingerprint density at radius 3 is 2.30 bits per heavy atom. The fourth-order valence-electron chi connectivity index (χ4n) is 0.367. The topological polar surface area (TPSA) is 37.3 Å². The van der Waals surface area contributed by atoms with Gasteiger partial charge in [0.15, 0.2) is 5.78 Å². The van der Waals surface area contributed by atoms with E-state index in [1.165, 1.54) is 6.08 Å². The van der Waals surface area contributed by atoms with Crippen molar-refractivity contribution in [2.24, 2.45) is 0 Å². The molecule has 0 heterocycles. The molecule has 0 aromatic heterocycles.